The lowest BCUT2D eigenvalue weighted by molar-refractivity contribution is -0.386. The van der Waals surface area contributed by atoms with E-state index in [4.69, 9.17) is 9.47 Å². The second-order valence-electron chi connectivity index (χ2n) is 4.75. The molecule has 1 amide bonds. The molecule has 0 aliphatic heterocycles. The zero-order valence-electron chi connectivity index (χ0n) is 13.1. The first kappa shape index (κ1) is 16.9. The number of nitro groups is 1. The highest BCUT2D eigenvalue weighted by Crippen LogP contribution is 2.34. The van der Waals surface area contributed by atoms with E-state index in [1.807, 2.05) is 0 Å². The van der Waals surface area contributed by atoms with Gasteiger partial charge in [0.15, 0.2) is 0 Å². The molecule has 24 heavy (non-hydrogen) atoms. The molecule has 8 nitrogen and oxygen atoms in total. The van der Waals surface area contributed by atoms with Crippen LogP contribution in [0.25, 0.3) is 0 Å². The largest absolute Gasteiger partial charge is 0.494 e. The van der Waals surface area contributed by atoms with Crippen molar-refractivity contribution in [2.75, 3.05) is 12.4 Å². The topological polar surface area (TPSA) is 104 Å². The number of pyridine rings is 1. The minimum atomic E-state index is -0.564. The third kappa shape index (κ3) is 3.86. The average molecular weight is 329 g/mol. The molecule has 2 rings (SSSR count). The third-order valence-corrected chi connectivity index (χ3v) is 3.00. The number of rotatable bonds is 6. The number of methoxy groups -OCH3 is 1. The lowest BCUT2D eigenvalue weighted by Crippen LogP contribution is -2.08. The number of aryl methyl sites for hydroxylation is 1. The molecule has 1 N–H and O–H groups in total. The van der Waals surface area contributed by atoms with Crippen LogP contribution in [0.3, 0.4) is 0 Å². The van der Waals surface area contributed by atoms with Gasteiger partial charge in [-0.05, 0) is 30.7 Å². The number of nitrogens with one attached hydrogen (secondary N) is 1. The van der Waals surface area contributed by atoms with Crippen LogP contribution >= 0.6 is 0 Å². The van der Waals surface area contributed by atoms with Gasteiger partial charge in [0.2, 0.25) is 5.91 Å². The summed E-state index contributed by atoms with van der Waals surface area (Å²) in [5.41, 5.74) is 0.827. The fraction of sp³-hybridized carbons (Fsp3) is 0.125. The number of hydrogen-bond acceptors (Lipinski definition) is 6. The van der Waals surface area contributed by atoms with Crippen LogP contribution in [0.4, 0.5) is 11.4 Å². The van der Waals surface area contributed by atoms with Gasteiger partial charge in [-0.25, -0.2) is 4.98 Å². The number of carbonyl (C=O) groups is 1. The van der Waals surface area contributed by atoms with Gasteiger partial charge in [-0.1, -0.05) is 6.58 Å². The lowest BCUT2D eigenvalue weighted by atomic mass is 10.2. The maximum absolute atomic E-state index is 11.4. The number of nitrogens with zero attached hydrogens (tertiary/aromatic N) is 2. The summed E-state index contributed by atoms with van der Waals surface area (Å²) < 4.78 is 10.7. The first-order chi connectivity index (χ1) is 11.4. The Morgan fingerprint density at radius 2 is 2.17 bits per heavy atom. The van der Waals surface area contributed by atoms with Crippen LogP contribution in [0, 0.1) is 17.0 Å². The van der Waals surface area contributed by atoms with E-state index in [1.165, 1.54) is 31.5 Å². The van der Waals surface area contributed by atoms with Gasteiger partial charge in [0.05, 0.1) is 17.7 Å². The smallest absolute Gasteiger partial charge is 0.331 e. The highest BCUT2D eigenvalue weighted by atomic mass is 16.6. The predicted octanol–water partition coefficient (Wildman–Crippen LogP) is 3.22. The quantitative estimate of drug-likeness (QED) is 0.496. The molecular weight excluding hydrogens is 314 g/mol. The minimum Gasteiger partial charge on any atom is -0.494 e. The Balaban J connectivity index is 2.33. The van der Waals surface area contributed by atoms with Crippen molar-refractivity contribution in [2.24, 2.45) is 0 Å². The molecule has 8 heteroatoms. The number of aromatic nitrogens is 1. The molecular formula is C16H15N3O5. The Labute approximate surface area is 137 Å². The van der Waals surface area contributed by atoms with E-state index in [0.717, 1.165) is 6.08 Å². The van der Waals surface area contributed by atoms with Crippen molar-refractivity contribution >= 4 is 17.3 Å². The van der Waals surface area contributed by atoms with Gasteiger partial charge in [-0.15, -0.1) is 0 Å². The second kappa shape index (κ2) is 7.23. The van der Waals surface area contributed by atoms with Gasteiger partial charge in [0.25, 0.3) is 5.88 Å². The second-order valence-corrected chi connectivity index (χ2v) is 4.75. The van der Waals surface area contributed by atoms with Crippen LogP contribution in [0.15, 0.2) is 43.1 Å². The first-order valence-electron chi connectivity index (χ1n) is 6.85. The molecule has 0 atom stereocenters. The summed E-state index contributed by atoms with van der Waals surface area (Å²) in [4.78, 5) is 25.9. The van der Waals surface area contributed by atoms with Crippen LogP contribution < -0.4 is 14.8 Å². The van der Waals surface area contributed by atoms with E-state index in [1.54, 1.807) is 13.0 Å². The Morgan fingerprint density at radius 1 is 1.42 bits per heavy atom. The van der Waals surface area contributed by atoms with Crippen LogP contribution in [0.2, 0.25) is 0 Å². The molecule has 0 spiro atoms. The summed E-state index contributed by atoms with van der Waals surface area (Å²) in [6, 6.07) is 5.95. The van der Waals surface area contributed by atoms with Crippen molar-refractivity contribution in [1.29, 1.82) is 0 Å². The van der Waals surface area contributed by atoms with Crippen LogP contribution in [0.5, 0.6) is 17.4 Å². The number of benzene rings is 1. The summed E-state index contributed by atoms with van der Waals surface area (Å²) in [6.45, 7) is 5.07. The molecule has 1 aromatic carbocycles. The average Bonchev–Trinajstić information content (AvgIpc) is 2.57. The molecule has 0 aliphatic carbocycles. The minimum absolute atomic E-state index is 0.129. The van der Waals surface area contributed by atoms with Crippen molar-refractivity contribution in [1.82, 2.24) is 4.98 Å². The van der Waals surface area contributed by atoms with E-state index in [0.29, 0.717) is 17.0 Å². The van der Waals surface area contributed by atoms with E-state index in [9.17, 15) is 14.9 Å². The Hall–Kier alpha value is -3.42. The van der Waals surface area contributed by atoms with Crippen molar-refractivity contribution in [2.45, 2.75) is 6.92 Å². The van der Waals surface area contributed by atoms with Gasteiger partial charge in [0, 0.05) is 18.3 Å². The van der Waals surface area contributed by atoms with Crippen molar-refractivity contribution in [3.63, 3.8) is 0 Å². The molecule has 0 radical (unpaired) electrons. The molecule has 0 fully saturated rings. The summed E-state index contributed by atoms with van der Waals surface area (Å²) in [7, 11) is 1.43. The fourth-order valence-electron chi connectivity index (χ4n) is 1.88. The van der Waals surface area contributed by atoms with Crippen molar-refractivity contribution in [3.8, 4) is 17.4 Å². The zero-order chi connectivity index (χ0) is 17.7. The summed E-state index contributed by atoms with van der Waals surface area (Å²) in [5, 5.41) is 13.7. The molecule has 0 saturated carbocycles. The predicted molar refractivity (Wildman–Crippen MR) is 87.5 cm³/mol. The zero-order valence-corrected chi connectivity index (χ0v) is 13.1. The van der Waals surface area contributed by atoms with Gasteiger partial charge in [-0.2, -0.15) is 0 Å². The molecule has 0 aliphatic rings. The SMILES string of the molecule is C=CC(=O)Nc1ccc(Oc2ncc(C)cc2[N+](=O)[O-])cc1OC. The van der Waals surface area contributed by atoms with Crippen LogP contribution in [-0.4, -0.2) is 22.9 Å². The van der Waals surface area contributed by atoms with Gasteiger partial charge >= 0.3 is 5.69 Å². The van der Waals surface area contributed by atoms with Crippen LogP contribution in [0.1, 0.15) is 5.56 Å². The van der Waals surface area contributed by atoms with E-state index in [2.05, 4.69) is 16.9 Å². The first-order valence-corrected chi connectivity index (χ1v) is 6.85. The van der Waals surface area contributed by atoms with Gasteiger partial charge in [-0.3, -0.25) is 14.9 Å². The highest BCUT2D eigenvalue weighted by Gasteiger charge is 2.18. The fourth-order valence-corrected chi connectivity index (χ4v) is 1.88. The third-order valence-electron chi connectivity index (χ3n) is 3.00. The molecule has 124 valence electrons. The highest BCUT2D eigenvalue weighted by molar-refractivity contribution is 5.99. The maximum Gasteiger partial charge on any atom is 0.331 e. The summed E-state index contributed by atoms with van der Waals surface area (Å²) >= 11 is 0. The molecule has 0 saturated heterocycles. The van der Waals surface area contributed by atoms with Crippen molar-refractivity contribution in [3.05, 3.63) is 58.8 Å². The Morgan fingerprint density at radius 3 is 2.79 bits per heavy atom. The number of hydrogen-bond donors (Lipinski definition) is 1. The lowest BCUT2D eigenvalue weighted by Gasteiger charge is -2.11. The molecule has 2 aromatic rings. The molecule has 1 aromatic heterocycles. The number of ether oxygens (including phenoxy) is 2. The molecule has 0 unspecified atom stereocenters. The normalized spacial score (nSPS) is 9.92. The number of carbonyl (C=O) groups excluding carboxylic acids is 1. The summed E-state index contributed by atoms with van der Waals surface area (Å²) in [5.74, 6) is 0.0914. The summed E-state index contributed by atoms with van der Waals surface area (Å²) in [6.07, 6.45) is 2.60. The number of anilines is 1. The maximum atomic E-state index is 11.4. The van der Waals surface area contributed by atoms with E-state index in [-0.39, 0.29) is 17.3 Å². The van der Waals surface area contributed by atoms with Gasteiger partial charge in [0.1, 0.15) is 11.5 Å². The Bertz CT molecular complexity index is 804. The van der Waals surface area contributed by atoms with Crippen molar-refractivity contribution < 1.29 is 19.2 Å². The monoisotopic (exact) mass is 329 g/mol. The molecule has 1 heterocycles. The van der Waals surface area contributed by atoms with Gasteiger partial charge < -0.3 is 14.8 Å². The standard InChI is InChI=1S/C16H15N3O5/c1-4-15(20)18-12-6-5-11(8-14(12)23-3)24-16-13(19(21)22)7-10(2)9-17-16/h4-9H,1H2,2-3H3,(H,18,20). The number of amides is 1. The van der Waals surface area contributed by atoms with Crippen LogP contribution in [-0.2, 0) is 4.79 Å². The van der Waals surface area contributed by atoms with E-state index < -0.39 is 10.8 Å². The Kier molecular flexibility index (Phi) is 5.10. The van der Waals surface area contributed by atoms with E-state index >= 15 is 0 Å². The molecule has 0 bridgehead atoms.